The third-order valence-corrected chi connectivity index (χ3v) is 15.9. The van der Waals surface area contributed by atoms with Gasteiger partial charge in [0.15, 0.2) is 5.60 Å². The molecule has 1 N–H and O–H groups in total. The van der Waals surface area contributed by atoms with Crippen molar-refractivity contribution in [1.82, 2.24) is 0 Å². The van der Waals surface area contributed by atoms with Gasteiger partial charge in [0.05, 0.1) is 11.1 Å². The molecular weight excluding hydrogens is 608 g/mol. The van der Waals surface area contributed by atoms with Gasteiger partial charge in [0.25, 0.3) is 0 Å². The molecule has 3 aliphatic rings. The summed E-state index contributed by atoms with van der Waals surface area (Å²) >= 11 is 3.40. The van der Waals surface area contributed by atoms with Gasteiger partial charge in [0.2, 0.25) is 0 Å². The van der Waals surface area contributed by atoms with Crippen LogP contribution in [0.3, 0.4) is 0 Å². The number of fused-ring (bicyclic) bond motifs is 8. The van der Waals surface area contributed by atoms with Crippen LogP contribution < -0.4 is 20.2 Å². The number of carboxylic acids is 1. The van der Waals surface area contributed by atoms with Crippen LogP contribution in [0.4, 0.5) is 11.4 Å². The van der Waals surface area contributed by atoms with Crippen molar-refractivity contribution in [3.63, 3.8) is 0 Å². The number of benzene rings is 3. The molecule has 0 aromatic heterocycles. The summed E-state index contributed by atoms with van der Waals surface area (Å²) in [6.45, 7) is 12.4. The second kappa shape index (κ2) is 10.9. The number of rotatable bonds is 7. The fourth-order valence-corrected chi connectivity index (χ4v) is 14.1. The van der Waals surface area contributed by atoms with Gasteiger partial charge in [-0.3, -0.25) is 0 Å². The van der Waals surface area contributed by atoms with E-state index in [1.165, 1.54) is 41.0 Å². The highest BCUT2D eigenvalue weighted by molar-refractivity contribution is 9.10. The zero-order valence-corrected chi connectivity index (χ0v) is 27.5. The van der Waals surface area contributed by atoms with E-state index >= 15 is 0 Å². The van der Waals surface area contributed by atoms with E-state index in [0.717, 1.165) is 49.4 Å². The van der Waals surface area contributed by atoms with Crippen molar-refractivity contribution in [1.29, 1.82) is 0 Å². The number of esters is 1. The van der Waals surface area contributed by atoms with Crippen molar-refractivity contribution in [3.8, 4) is 0 Å². The first-order valence-electron chi connectivity index (χ1n) is 15.4. The van der Waals surface area contributed by atoms with E-state index in [1.807, 2.05) is 0 Å². The fourth-order valence-electron chi connectivity index (χ4n) is 7.87. The van der Waals surface area contributed by atoms with Crippen molar-refractivity contribution in [2.75, 3.05) is 36.0 Å². The summed E-state index contributed by atoms with van der Waals surface area (Å²) in [5.74, 6) is -1.45. The summed E-state index contributed by atoms with van der Waals surface area (Å²) in [4.78, 5) is 30.8. The van der Waals surface area contributed by atoms with Crippen LogP contribution in [0.25, 0.3) is 0 Å². The number of hydrogen-bond acceptors (Lipinski definition) is 5. The number of carboxylic acid groups (broad SMARTS) is 1. The Morgan fingerprint density at radius 1 is 0.833 bits per heavy atom. The summed E-state index contributed by atoms with van der Waals surface area (Å²) in [5, 5.41) is 12.8. The maximum atomic E-state index is 13.7. The third-order valence-electron chi connectivity index (χ3n) is 9.94. The number of aromatic carboxylic acids is 1. The van der Waals surface area contributed by atoms with E-state index < -0.39 is 25.6 Å². The standard InChI is InChI=1S/C34H39BrN2O4Si/c1-5-36(6-2)22-12-14-26-30(18-22)42(16-10-9-11-17-42)31-19-23(37(7-3)8-4)13-15-27(31)34(26)28-20-25(32(38)39)29(35)21-24(28)33(40)41-34/h12-15,18-21H,5-11,16-17H2,1-4H3,(H,38,39). The van der Waals surface area contributed by atoms with Gasteiger partial charge in [-0.25, -0.2) is 9.59 Å². The second-order valence-corrected chi connectivity index (χ2v) is 16.8. The van der Waals surface area contributed by atoms with Crippen molar-refractivity contribution in [3.05, 3.63) is 80.8 Å². The molecule has 2 spiro atoms. The predicted molar refractivity (Wildman–Crippen MR) is 175 cm³/mol. The molecule has 0 bridgehead atoms. The number of halogens is 1. The van der Waals surface area contributed by atoms with Crippen LogP contribution in [0.15, 0.2) is 53.0 Å². The molecule has 3 aromatic carbocycles. The third kappa shape index (κ3) is 4.08. The maximum Gasteiger partial charge on any atom is 0.340 e. The van der Waals surface area contributed by atoms with Crippen molar-refractivity contribution < 1.29 is 19.4 Å². The van der Waals surface area contributed by atoms with Crippen LogP contribution in [0.2, 0.25) is 12.1 Å². The van der Waals surface area contributed by atoms with Gasteiger partial charge >= 0.3 is 11.9 Å². The van der Waals surface area contributed by atoms with Crippen LogP contribution in [-0.4, -0.2) is 51.3 Å². The molecule has 1 saturated heterocycles. The average Bonchev–Trinajstić information content (AvgIpc) is 3.28. The summed E-state index contributed by atoms with van der Waals surface area (Å²) < 4.78 is 6.97. The molecule has 42 heavy (non-hydrogen) atoms. The molecule has 6 rings (SSSR count). The minimum Gasteiger partial charge on any atom is -0.478 e. The van der Waals surface area contributed by atoms with Crippen LogP contribution >= 0.6 is 15.9 Å². The molecule has 3 aliphatic heterocycles. The van der Waals surface area contributed by atoms with E-state index in [2.05, 4.69) is 89.8 Å². The lowest BCUT2D eigenvalue weighted by Crippen LogP contribution is -2.67. The van der Waals surface area contributed by atoms with Gasteiger partial charge in [-0.05, 0) is 102 Å². The Morgan fingerprint density at radius 2 is 1.36 bits per heavy atom. The van der Waals surface area contributed by atoms with Gasteiger partial charge in [0.1, 0.15) is 8.07 Å². The summed E-state index contributed by atoms with van der Waals surface area (Å²) in [6.07, 6.45) is 3.62. The molecule has 3 heterocycles. The van der Waals surface area contributed by atoms with Gasteiger partial charge < -0.3 is 19.6 Å². The van der Waals surface area contributed by atoms with Crippen LogP contribution in [0, 0.1) is 0 Å². The molecule has 3 aromatic rings. The summed E-state index contributed by atoms with van der Waals surface area (Å²) in [5.41, 5.74) is 4.40. The Balaban J connectivity index is 1.74. The Morgan fingerprint density at radius 3 is 1.83 bits per heavy atom. The monoisotopic (exact) mass is 646 g/mol. The lowest BCUT2D eigenvalue weighted by Gasteiger charge is -2.48. The Kier molecular flexibility index (Phi) is 7.50. The van der Waals surface area contributed by atoms with Crippen molar-refractivity contribution in [2.45, 2.75) is 64.6 Å². The second-order valence-electron chi connectivity index (χ2n) is 11.7. The molecular formula is C34H39BrN2O4Si. The topological polar surface area (TPSA) is 70.1 Å². The van der Waals surface area contributed by atoms with Crippen LogP contribution in [0.5, 0.6) is 0 Å². The fraction of sp³-hybridized carbons (Fsp3) is 0.412. The number of nitrogens with zero attached hydrogens (tertiary/aromatic N) is 2. The zero-order chi connectivity index (χ0) is 29.8. The smallest absolute Gasteiger partial charge is 0.340 e. The highest BCUT2D eigenvalue weighted by Gasteiger charge is 2.58. The van der Waals surface area contributed by atoms with Crippen molar-refractivity contribution >= 4 is 57.7 Å². The number of hydrogen-bond donors (Lipinski definition) is 1. The molecule has 0 amide bonds. The van der Waals surface area contributed by atoms with Crippen molar-refractivity contribution in [2.24, 2.45) is 0 Å². The van der Waals surface area contributed by atoms with Gasteiger partial charge in [-0.1, -0.05) is 31.4 Å². The molecule has 0 unspecified atom stereocenters. The Bertz CT molecular complexity index is 1510. The molecule has 0 radical (unpaired) electrons. The number of ether oxygens (including phenoxy) is 1. The minimum absolute atomic E-state index is 0.129. The normalized spacial score (nSPS) is 17.4. The number of carbonyl (C=O) groups excluding carboxylic acids is 1. The molecule has 6 nitrogen and oxygen atoms in total. The van der Waals surface area contributed by atoms with E-state index in [9.17, 15) is 14.7 Å². The first-order valence-corrected chi connectivity index (χ1v) is 18.6. The number of anilines is 2. The molecule has 0 saturated carbocycles. The van der Waals surface area contributed by atoms with E-state index in [0.29, 0.717) is 15.6 Å². The van der Waals surface area contributed by atoms with Gasteiger partial charge in [-0.15, -0.1) is 0 Å². The maximum absolute atomic E-state index is 13.7. The molecule has 8 heteroatoms. The quantitative estimate of drug-likeness (QED) is 0.238. The number of carbonyl (C=O) groups is 2. The largest absolute Gasteiger partial charge is 0.478 e. The highest BCUT2D eigenvalue weighted by Crippen LogP contribution is 2.52. The summed E-state index contributed by atoms with van der Waals surface area (Å²) in [6, 6.07) is 19.1. The minimum atomic E-state index is -2.27. The SMILES string of the molecule is CCN(CC)c1ccc2c(c1)[Si]1(CCCCC1)c1cc(N(CC)CC)ccc1C21OC(=O)c2cc(Br)c(C(=O)O)cc21. The zero-order valence-electron chi connectivity index (χ0n) is 24.9. The molecule has 0 aliphatic carbocycles. The lowest BCUT2D eigenvalue weighted by molar-refractivity contribution is 0.0255. The molecule has 220 valence electrons. The van der Waals surface area contributed by atoms with Crippen LogP contribution in [-0.2, 0) is 10.3 Å². The van der Waals surface area contributed by atoms with Crippen LogP contribution in [0.1, 0.15) is 84.4 Å². The van der Waals surface area contributed by atoms with E-state index in [-0.39, 0.29) is 5.56 Å². The molecule has 1 fully saturated rings. The first-order chi connectivity index (χ1) is 20.2. The Hall–Kier alpha value is -3.10. The summed E-state index contributed by atoms with van der Waals surface area (Å²) in [7, 11) is -2.27. The first kappa shape index (κ1) is 29.0. The van der Waals surface area contributed by atoms with Gasteiger partial charge in [0, 0.05) is 58.7 Å². The van der Waals surface area contributed by atoms with E-state index in [1.54, 1.807) is 12.1 Å². The average molecular weight is 648 g/mol. The predicted octanol–water partition coefficient (Wildman–Crippen LogP) is 6.36. The van der Waals surface area contributed by atoms with Gasteiger partial charge in [-0.2, -0.15) is 0 Å². The Labute approximate surface area is 257 Å². The molecule has 0 atom stereocenters. The highest BCUT2D eigenvalue weighted by atomic mass is 79.9. The lowest BCUT2D eigenvalue weighted by atomic mass is 9.78. The van der Waals surface area contributed by atoms with E-state index in [4.69, 9.17) is 4.74 Å².